The standard InChI is InChI=1S/C21H23NO6/c1-14-12-18(27-13-20(23)24)6-7-19(14)22-21(25)15-2-4-16(5-3-15)28-17-8-10-26-11-9-17/h2-7,12,17H,8-11,13H2,1H3,(H,22,25)(H,23,24). The summed E-state index contributed by atoms with van der Waals surface area (Å²) in [7, 11) is 0. The molecule has 0 radical (unpaired) electrons. The van der Waals surface area contributed by atoms with Crippen LogP contribution in [0.25, 0.3) is 0 Å². The average molecular weight is 385 g/mol. The highest BCUT2D eigenvalue weighted by Crippen LogP contribution is 2.23. The van der Waals surface area contributed by atoms with Crippen molar-refractivity contribution in [2.75, 3.05) is 25.1 Å². The maximum Gasteiger partial charge on any atom is 0.341 e. The number of amides is 1. The Labute approximate surface area is 163 Å². The Morgan fingerprint density at radius 2 is 1.79 bits per heavy atom. The maximum absolute atomic E-state index is 12.5. The molecule has 7 heteroatoms. The molecule has 28 heavy (non-hydrogen) atoms. The molecule has 0 atom stereocenters. The highest BCUT2D eigenvalue weighted by molar-refractivity contribution is 6.04. The third-order valence-electron chi connectivity index (χ3n) is 4.40. The van der Waals surface area contributed by atoms with Crippen LogP contribution in [0.15, 0.2) is 42.5 Å². The van der Waals surface area contributed by atoms with Crippen LogP contribution in [0, 0.1) is 6.92 Å². The van der Waals surface area contributed by atoms with Crippen molar-refractivity contribution >= 4 is 17.6 Å². The van der Waals surface area contributed by atoms with E-state index in [9.17, 15) is 9.59 Å². The van der Waals surface area contributed by atoms with Crippen molar-refractivity contribution in [3.05, 3.63) is 53.6 Å². The predicted octanol–water partition coefficient (Wildman–Crippen LogP) is 3.27. The Hall–Kier alpha value is -3.06. The molecular weight excluding hydrogens is 362 g/mol. The zero-order valence-electron chi connectivity index (χ0n) is 15.6. The molecule has 148 valence electrons. The minimum Gasteiger partial charge on any atom is -0.490 e. The number of carboxylic acid groups (broad SMARTS) is 1. The minimum atomic E-state index is -1.04. The molecule has 0 aliphatic carbocycles. The first kappa shape index (κ1) is 19.7. The Balaban J connectivity index is 1.58. The highest BCUT2D eigenvalue weighted by Gasteiger charge is 2.15. The summed E-state index contributed by atoms with van der Waals surface area (Å²) in [6, 6.07) is 12.0. The van der Waals surface area contributed by atoms with Gasteiger partial charge in [-0.15, -0.1) is 0 Å². The monoisotopic (exact) mass is 385 g/mol. The van der Waals surface area contributed by atoms with Crippen molar-refractivity contribution in [1.29, 1.82) is 0 Å². The smallest absolute Gasteiger partial charge is 0.341 e. The van der Waals surface area contributed by atoms with Crippen molar-refractivity contribution in [3.63, 3.8) is 0 Å². The number of hydrogen-bond donors (Lipinski definition) is 2. The molecule has 1 aliphatic rings. The van der Waals surface area contributed by atoms with Gasteiger partial charge in [0.1, 0.15) is 17.6 Å². The van der Waals surface area contributed by atoms with E-state index in [4.69, 9.17) is 19.3 Å². The first-order valence-corrected chi connectivity index (χ1v) is 9.12. The molecule has 2 aromatic carbocycles. The molecule has 0 saturated carbocycles. The third-order valence-corrected chi connectivity index (χ3v) is 4.40. The number of nitrogens with one attached hydrogen (secondary N) is 1. The van der Waals surface area contributed by atoms with E-state index in [-0.39, 0.29) is 12.0 Å². The SMILES string of the molecule is Cc1cc(OCC(=O)O)ccc1NC(=O)c1ccc(OC2CCOCC2)cc1. The summed E-state index contributed by atoms with van der Waals surface area (Å²) in [6.07, 6.45) is 1.89. The van der Waals surface area contributed by atoms with Crippen molar-refractivity contribution in [1.82, 2.24) is 0 Å². The molecule has 7 nitrogen and oxygen atoms in total. The summed E-state index contributed by atoms with van der Waals surface area (Å²) in [5.41, 5.74) is 1.93. The lowest BCUT2D eigenvalue weighted by Crippen LogP contribution is -2.25. The van der Waals surface area contributed by atoms with Crippen molar-refractivity contribution in [2.24, 2.45) is 0 Å². The van der Waals surface area contributed by atoms with Crippen LogP contribution in [-0.2, 0) is 9.53 Å². The summed E-state index contributed by atoms with van der Waals surface area (Å²) in [5.74, 6) is -0.105. The molecule has 3 rings (SSSR count). The molecule has 0 bridgehead atoms. The Morgan fingerprint density at radius 3 is 2.43 bits per heavy atom. The van der Waals surface area contributed by atoms with Crippen molar-refractivity contribution in [2.45, 2.75) is 25.9 Å². The van der Waals surface area contributed by atoms with Gasteiger partial charge in [0.25, 0.3) is 5.91 Å². The van der Waals surface area contributed by atoms with Crippen LogP contribution in [0.1, 0.15) is 28.8 Å². The van der Waals surface area contributed by atoms with Gasteiger partial charge in [0.15, 0.2) is 6.61 Å². The number of benzene rings is 2. The highest BCUT2D eigenvalue weighted by atomic mass is 16.5. The second kappa shape index (κ2) is 9.23. The van der Waals surface area contributed by atoms with Gasteiger partial charge in [0, 0.05) is 24.1 Å². The molecule has 1 aliphatic heterocycles. The number of rotatable bonds is 7. The van der Waals surface area contributed by atoms with Crippen molar-refractivity contribution in [3.8, 4) is 11.5 Å². The zero-order valence-corrected chi connectivity index (χ0v) is 15.6. The van der Waals surface area contributed by atoms with Crippen LogP contribution >= 0.6 is 0 Å². The Bertz CT molecular complexity index is 827. The summed E-state index contributed by atoms with van der Waals surface area (Å²) in [5, 5.41) is 11.5. The van der Waals surface area contributed by atoms with Gasteiger partial charge in [-0.25, -0.2) is 4.79 Å². The molecule has 1 amide bonds. The van der Waals surface area contributed by atoms with Gasteiger partial charge in [-0.2, -0.15) is 0 Å². The lowest BCUT2D eigenvalue weighted by atomic mass is 10.1. The predicted molar refractivity (Wildman–Crippen MR) is 103 cm³/mol. The molecule has 1 saturated heterocycles. The fourth-order valence-electron chi connectivity index (χ4n) is 2.88. The topological polar surface area (TPSA) is 94.1 Å². The number of anilines is 1. The number of hydrogen-bond acceptors (Lipinski definition) is 5. The van der Waals surface area contributed by atoms with Gasteiger partial charge in [0.05, 0.1) is 13.2 Å². The molecule has 2 aromatic rings. The molecule has 2 N–H and O–H groups in total. The maximum atomic E-state index is 12.5. The number of aryl methyl sites for hydroxylation is 1. The first-order valence-electron chi connectivity index (χ1n) is 9.12. The van der Waals surface area contributed by atoms with Crippen LogP contribution in [0.3, 0.4) is 0 Å². The van der Waals surface area contributed by atoms with Gasteiger partial charge < -0.3 is 24.6 Å². The second-order valence-electron chi connectivity index (χ2n) is 6.57. The summed E-state index contributed by atoms with van der Waals surface area (Å²) in [6.45, 7) is 2.83. The number of carbonyl (C=O) groups is 2. The van der Waals surface area contributed by atoms with Crippen LogP contribution in [0.5, 0.6) is 11.5 Å². The Morgan fingerprint density at radius 1 is 1.11 bits per heavy atom. The van der Waals surface area contributed by atoms with E-state index in [1.165, 1.54) is 0 Å². The van der Waals surface area contributed by atoms with Crippen LogP contribution in [-0.4, -0.2) is 42.9 Å². The fraction of sp³-hybridized carbons (Fsp3) is 0.333. The van der Waals surface area contributed by atoms with E-state index in [0.717, 1.165) is 24.2 Å². The summed E-state index contributed by atoms with van der Waals surface area (Å²) in [4.78, 5) is 23.1. The minimum absolute atomic E-state index is 0.151. The average Bonchev–Trinajstić information content (AvgIpc) is 2.69. The molecular formula is C21H23NO6. The van der Waals surface area contributed by atoms with Gasteiger partial charge in [-0.05, 0) is 55.0 Å². The third kappa shape index (κ3) is 5.47. The van der Waals surface area contributed by atoms with Gasteiger partial charge in [-0.3, -0.25) is 4.79 Å². The lowest BCUT2D eigenvalue weighted by Gasteiger charge is -2.23. The zero-order chi connectivity index (χ0) is 19.9. The molecule has 1 fully saturated rings. The fourth-order valence-corrected chi connectivity index (χ4v) is 2.88. The normalized spacial score (nSPS) is 14.3. The van der Waals surface area contributed by atoms with E-state index in [2.05, 4.69) is 5.32 Å². The second-order valence-corrected chi connectivity index (χ2v) is 6.57. The molecule has 0 unspecified atom stereocenters. The lowest BCUT2D eigenvalue weighted by molar-refractivity contribution is -0.139. The summed E-state index contributed by atoms with van der Waals surface area (Å²) >= 11 is 0. The van der Waals surface area contributed by atoms with Gasteiger partial charge in [0.2, 0.25) is 0 Å². The number of carboxylic acids is 1. The molecule has 0 aromatic heterocycles. The Kier molecular flexibility index (Phi) is 6.49. The van der Waals surface area contributed by atoms with Crippen LogP contribution in [0.2, 0.25) is 0 Å². The number of ether oxygens (including phenoxy) is 3. The van der Waals surface area contributed by atoms with E-state index >= 15 is 0 Å². The van der Waals surface area contributed by atoms with Crippen LogP contribution in [0.4, 0.5) is 5.69 Å². The number of aliphatic carboxylic acids is 1. The van der Waals surface area contributed by atoms with Crippen LogP contribution < -0.4 is 14.8 Å². The van der Waals surface area contributed by atoms with Crippen molar-refractivity contribution < 1.29 is 28.9 Å². The largest absolute Gasteiger partial charge is 0.490 e. The summed E-state index contributed by atoms with van der Waals surface area (Å²) < 4.78 is 16.4. The van der Waals surface area contributed by atoms with E-state index in [1.54, 1.807) is 42.5 Å². The molecule has 0 spiro atoms. The molecule has 1 heterocycles. The van der Waals surface area contributed by atoms with E-state index in [1.807, 2.05) is 6.92 Å². The van der Waals surface area contributed by atoms with E-state index in [0.29, 0.717) is 30.2 Å². The van der Waals surface area contributed by atoms with Gasteiger partial charge in [-0.1, -0.05) is 0 Å². The van der Waals surface area contributed by atoms with Gasteiger partial charge >= 0.3 is 5.97 Å². The quantitative estimate of drug-likeness (QED) is 0.760. The first-order chi connectivity index (χ1) is 13.5. The van der Waals surface area contributed by atoms with E-state index < -0.39 is 12.6 Å². The number of carbonyl (C=O) groups excluding carboxylic acids is 1.